The number of benzene rings is 1. The van der Waals surface area contributed by atoms with E-state index in [0.29, 0.717) is 23.2 Å². The average Bonchev–Trinajstić information content (AvgIpc) is 3.26. The molecule has 33 heavy (non-hydrogen) atoms. The first-order valence-corrected chi connectivity index (χ1v) is 9.68. The first-order chi connectivity index (χ1) is 15.5. The summed E-state index contributed by atoms with van der Waals surface area (Å²) >= 11 is 0. The molecule has 0 amide bonds. The van der Waals surface area contributed by atoms with Gasteiger partial charge in [-0.05, 0) is 30.7 Å². The minimum Gasteiger partial charge on any atom is -0.397 e. The van der Waals surface area contributed by atoms with Crippen molar-refractivity contribution >= 4 is 11.0 Å². The quantitative estimate of drug-likeness (QED) is 0.339. The highest BCUT2D eigenvalue weighted by molar-refractivity contribution is 5.74. The molecule has 2 aromatic heterocycles. The molecule has 13 heteroatoms. The Kier molecular flexibility index (Phi) is 5.68. The van der Waals surface area contributed by atoms with Crippen molar-refractivity contribution in [2.45, 2.75) is 43.2 Å². The van der Waals surface area contributed by atoms with Crippen molar-refractivity contribution in [2.75, 3.05) is 7.11 Å². The van der Waals surface area contributed by atoms with Gasteiger partial charge in [-0.25, -0.2) is 9.37 Å². The van der Waals surface area contributed by atoms with E-state index < -0.39 is 47.7 Å². The molecule has 1 saturated heterocycles. The van der Waals surface area contributed by atoms with Crippen LogP contribution in [0, 0.1) is 5.82 Å². The lowest BCUT2D eigenvalue weighted by Gasteiger charge is -2.30. The summed E-state index contributed by atoms with van der Waals surface area (Å²) < 4.78 is 59.8. The Bertz CT molecular complexity index is 1240. The van der Waals surface area contributed by atoms with Crippen molar-refractivity contribution in [3.05, 3.63) is 59.2 Å². The van der Waals surface area contributed by atoms with Gasteiger partial charge in [-0.3, -0.25) is 0 Å². The minimum absolute atomic E-state index is 0.237. The Morgan fingerprint density at radius 2 is 2.06 bits per heavy atom. The number of halogens is 4. The lowest BCUT2D eigenvalue weighted by Crippen LogP contribution is -2.47. The lowest BCUT2D eigenvalue weighted by molar-refractivity contribution is -0.140. The van der Waals surface area contributed by atoms with Crippen molar-refractivity contribution in [1.82, 2.24) is 14.5 Å². The van der Waals surface area contributed by atoms with Gasteiger partial charge in [0.1, 0.15) is 42.5 Å². The number of aromatic amines is 1. The van der Waals surface area contributed by atoms with E-state index in [0.717, 1.165) is 6.07 Å². The van der Waals surface area contributed by atoms with Crippen LogP contribution in [0.5, 0.6) is 0 Å². The first-order valence-electron chi connectivity index (χ1n) is 9.68. The molecule has 0 saturated carbocycles. The predicted molar refractivity (Wildman–Crippen MR) is 104 cm³/mol. The summed E-state index contributed by atoms with van der Waals surface area (Å²) in [6.07, 6.45) is -8.10. The van der Waals surface area contributed by atoms with E-state index in [2.05, 4.69) is 15.1 Å². The maximum Gasteiger partial charge on any atom is 0.419 e. The van der Waals surface area contributed by atoms with Crippen LogP contribution in [0.4, 0.5) is 17.6 Å². The molecule has 0 spiro atoms. The van der Waals surface area contributed by atoms with E-state index in [9.17, 15) is 32.9 Å². The third-order valence-electron chi connectivity index (χ3n) is 5.65. The first kappa shape index (κ1) is 23.2. The van der Waals surface area contributed by atoms with Crippen LogP contribution >= 0.6 is 0 Å². The highest BCUT2D eigenvalue weighted by Gasteiger charge is 2.56. The molecular formula is C20H20F4N4O5. The number of ether oxygens (including phenoxy) is 1. The number of nitrogens with one attached hydrogen (secondary N) is 1. The van der Waals surface area contributed by atoms with Crippen LogP contribution in [0.3, 0.4) is 0 Å². The minimum atomic E-state index is -4.90. The van der Waals surface area contributed by atoms with Crippen LogP contribution in [0.2, 0.25) is 0 Å². The molecule has 3 aromatic rings. The average molecular weight is 472 g/mol. The molecule has 1 aliphatic heterocycles. The van der Waals surface area contributed by atoms with Gasteiger partial charge in [-0.15, -0.1) is 0 Å². The number of aromatic nitrogens is 3. The SMILES string of the molecule is CON=c1nc[nH]c2c1ccn2[C@@H]1O[C@H](C(O)c2ccc(C(F)(F)F)c(F)c2)[C@@](C)(O)[C@H]1O. The van der Waals surface area contributed by atoms with Crippen molar-refractivity contribution in [3.63, 3.8) is 0 Å². The number of aliphatic hydroxyl groups is 3. The molecule has 9 nitrogen and oxygen atoms in total. The Morgan fingerprint density at radius 3 is 2.70 bits per heavy atom. The second-order valence-electron chi connectivity index (χ2n) is 7.79. The number of fused-ring (bicyclic) bond motifs is 1. The lowest BCUT2D eigenvalue weighted by atomic mass is 9.88. The van der Waals surface area contributed by atoms with E-state index in [1.165, 1.54) is 31.1 Å². The van der Waals surface area contributed by atoms with Crippen molar-refractivity contribution < 1.29 is 42.5 Å². The van der Waals surface area contributed by atoms with E-state index in [4.69, 9.17) is 9.57 Å². The largest absolute Gasteiger partial charge is 0.419 e. The van der Waals surface area contributed by atoms with Gasteiger partial charge in [0.2, 0.25) is 5.49 Å². The van der Waals surface area contributed by atoms with Crippen LogP contribution in [0.15, 0.2) is 41.9 Å². The molecule has 3 heterocycles. The summed E-state index contributed by atoms with van der Waals surface area (Å²) in [7, 11) is 1.35. The van der Waals surface area contributed by atoms with Crippen molar-refractivity contribution in [1.29, 1.82) is 0 Å². The highest BCUT2D eigenvalue weighted by atomic mass is 19.4. The second kappa shape index (κ2) is 8.09. The summed E-state index contributed by atoms with van der Waals surface area (Å²) in [5.74, 6) is -1.58. The predicted octanol–water partition coefficient (Wildman–Crippen LogP) is 1.73. The van der Waals surface area contributed by atoms with Crippen LogP contribution in [-0.4, -0.2) is 54.8 Å². The van der Waals surface area contributed by atoms with Gasteiger partial charge in [0, 0.05) is 6.20 Å². The van der Waals surface area contributed by atoms with Gasteiger partial charge >= 0.3 is 6.18 Å². The van der Waals surface area contributed by atoms with Crippen LogP contribution < -0.4 is 5.49 Å². The molecule has 0 bridgehead atoms. The molecule has 4 N–H and O–H groups in total. The topological polar surface area (TPSA) is 125 Å². The maximum atomic E-state index is 14.0. The van der Waals surface area contributed by atoms with Gasteiger partial charge in [0.15, 0.2) is 6.23 Å². The molecule has 1 aliphatic rings. The zero-order chi connectivity index (χ0) is 24.1. The Morgan fingerprint density at radius 1 is 1.33 bits per heavy atom. The molecule has 0 radical (unpaired) electrons. The molecule has 1 fully saturated rings. The number of nitrogens with zero attached hydrogens (tertiary/aromatic N) is 3. The number of aliphatic hydroxyl groups excluding tert-OH is 2. The third-order valence-corrected chi connectivity index (χ3v) is 5.65. The van der Waals surface area contributed by atoms with Crippen molar-refractivity contribution in [2.24, 2.45) is 5.16 Å². The molecular weight excluding hydrogens is 452 g/mol. The highest BCUT2D eigenvalue weighted by Crippen LogP contribution is 2.43. The third kappa shape index (κ3) is 3.86. The van der Waals surface area contributed by atoms with E-state index in [-0.39, 0.29) is 11.1 Å². The van der Waals surface area contributed by atoms with Gasteiger partial charge in [-0.1, -0.05) is 11.2 Å². The van der Waals surface area contributed by atoms with Crippen LogP contribution in [-0.2, 0) is 15.8 Å². The van der Waals surface area contributed by atoms with E-state index >= 15 is 0 Å². The molecule has 0 aliphatic carbocycles. The summed E-state index contributed by atoms with van der Waals surface area (Å²) in [5, 5.41) is 36.7. The summed E-state index contributed by atoms with van der Waals surface area (Å²) in [5.41, 5.74) is -3.16. The van der Waals surface area contributed by atoms with E-state index in [1.807, 2.05) is 0 Å². The monoisotopic (exact) mass is 472 g/mol. The molecule has 178 valence electrons. The normalized spacial score (nSPS) is 27.3. The number of hydrogen-bond acceptors (Lipinski definition) is 7. The zero-order valence-electron chi connectivity index (χ0n) is 17.3. The smallest absolute Gasteiger partial charge is 0.397 e. The Balaban J connectivity index is 1.69. The second-order valence-corrected chi connectivity index (χ2v) is 7.79. The zero-order valence-corrected chi connectivity index (χ0v) is 17.3. The number of alkyl halides is 3. The summed E-state index contributed by atoms with van der Waals surface area (Å²) in [6.45, 7) is 1.20. The van der Waals surface area contributed by atoms with Crippen LogP contribution in [0.1, 0.15) is 30.4 Å². The fraction of sp³-hybridized carbons (Fsp3) is 0.400. The summed E-state index contributed by atoms with van der Waals surface area (Å²) in [6, 6.07) is 3.51. The Labute approximate surface area is 183 Å². The van der Waals surface area contributed by atoms with E-state index in [1.54, 1.807) is 6.07 Å². The fourth-order valence-corrected chi connectivity index (χ4v) is 3.93. The summed E-state index contributed by atoms with van der Waals surface area (Å²) in [4.78, 5) is 11.6. The van der Waals surface area contributed by atoms with Gasteiger partial charge in [0.25, 0.3) is 0 Å². The molecule has 1 aromatic carbocycles. The van der Waals surface area contributed by atoms with Gasteiger partial charge < -0.3 is 34.4 Å². The van der Waals surface area contributed by atoms with Gasteiger partial charge in [0.05, 0.1) is 17.3 Å². The molecule has 4 rings (SSSR count). The maximum absolute atomic E-state index is 14.0. The number of hydrogen-bond donors (Lipinski definition) is 4. The van der Waals surface area contributed by atoms with Crippen LogP contribution in [0.25, 0.3) is 11.0 Å². The molecule has 5 atom stereocenters. The number of rotatable bonds is 4. The molecule has 1 unspecified atom stereocenters. The fourth-order valence-electron chi connectivity index (χ4n) is 3.93. The standard InChI is InChI=1S/C20H20F4N4O5/c1-19(31)14(30)18(28-6-5-10-16(27-32-2)25-8-26-17(10)28)33-15(19)13(29)9-3-4-11(12(21)7-9)20(22,23)24/h3-8,13-15,18,29-31H,1-2H3,(H,25,26,27)/t13?,14-,15+,18+,19-/m0/s1. The Hall–Kier alpha value is -3.00. The van der Waals surface area contributed by atoms with Gasteiger partial charge in [-0.2, -0.15) is 13.2 Å². The van der Waals surface area contributed by atoms with Crippen molar-refractivity contribution in [3.8, 4) is 0 Å². The number of H-pyrrole nitrogens is 1.